The van der Waals surface area contributed by atoms with E-state index < -0.39 is 0 Å². The van der Waals surface area contributed by atoms with Crippen LogP contribution in [0.5, 0.6) is 0 Å². The summed E-state index contributed by atoms with van der Waals surface area (Å²) in [4.78, 5) is 16.3. The van der Waals surface area contributed by atoms with Crippen LogP contribution >= 0.6 is 0 Å². The van der Waals surface area contributed by atoms with Crippen molar-refractivity contribution in [2.24, 2.45) is 0 Å². The van der Waals surface area contributed by atoms with Crippen LogP contribution < -0.4 is 10.2 Å². The molecule has 18 heavy (non-hydrogen) atoms. The predicted molar refractivity (Wildman–Crippen MR) is 71.8 cm³/mol. The first-order valence-corrected chi connectivity index (χ1v) is 6.70. The Morgan fingerprint density at radius 1 is 1.17 bits per heavy atom. The highest BCUT2D eigenvalue weighted by Gasteiger charge is 2.34. The largest absolute Gasteiger partial charge is 0.324 e. The smallest absolute Gasteiger partial charge is 0.318 e. The van der Waals surface area contributed by atoms with Gasteiger partial charge in [0, 0.05) is 31.4 Å². The molecule has 1 unspecified atom stereocenters. The molecule has 1 aromatic rings. The maximum atomic E-state index is 12.4. The van der Waals surface area contributed by atoms with Gasteiger partial charge in [0.1, 0.15) is 0 Å². The molecule has 2 aliphatic heterocycles. The van der Waals surface area contributed by atoms with Crippen LogP contribution in [0, 0.1) is 0 Å². The lowest BCUT2D eigenvalue weighted by molar-refractivity contribution is 0.187. The second kappa shape index (κ2) is 4.98. The maximum Gasteiger partial charge on any atom is 0.324 e. The Morgan fingerprint density at radius 2 is 2.00 bits per heavy atom. The number of carbonyl (C=O) groups excluding carboxylic acids is 1. The number of piperidine rings is 1. The van der Waals surface area contributed by atoms with E-state index in [0.717, 1.165) is 38.3 Å². The molecule has 0 aromatic heterocycles. The third-order valence-corrected chi connectivity index (χ3v) is 3.82. The fourth-order valence-corrected chi connectivity index (χ4v) is 2.84. The predicted octanol–water partition coefficient (Wildman–Crippen LogP) is 1.68. The van der Waals surface area contributed by atoms with Gasteiger partial charge in [-0.15, -0.1) is 0 Å². The summed E-state index contributed by atoms with van der Waals surface area (Å²) in [5.74, 6) is 0. The minimum atomic E-state index is 0.162. The number of carbonyl (C=O) groups is 1. The summed E-state index contributed by atoms with van der Waals surface area (Å²) in [6.45, 7) is 3.68. The third-order valence-electron chi connectivity index (χ3n) is 3.82. The molecular formula is C14H19N3O. The van der Waals surface area contributed by atoms with Gasteiger partial charge in [-0.2, -0.15) is 0 Å². The summed E-state index contributed by atoms with van der Waals surface area (Å²) in [5, 5.41) is 3.37. The highest BCUT2D eigenvalue weighted by Crippen LogP contribution is 2.23. The lowest BCUT2D eigenvalue weighted by Gasteiger charge is -2.31. The number of hydrogen-bond acceptors (Lipinski definition) is 2. The summed E-state index contributed by atoms with van der Waals surface area (Å²) in [7, 11) is 0. The number of amides is 2. The van der Waals surface area contributed by atoms with Crippen LogP contribution in [0.2, 0.25) is 0 Å². The van der Waals surface area contributed by atoms with Crippen molar-refractivity contribution >= 4 is 11.7 Å². The number of hydrogen-bond donors (Lipinski definition) is 1. The van der Waals surface area contributed by atoms with Gasteiger partial charge in [0.25, 0.3) is 0 Å². The molecular weight excluding hydrogens is 226 g/mol. The average molecular weight is 245 g/mol. The summed E-state index contributed by atoms with van der Waals surface area (Å²) >= 11 is 0. The molecule has 0 spiro atoms. The molecule has 2 fully saturated rings. The van der Waals surface area contributed by atoms with Gasteiger partial charge >= 0.3 is 6.03 Å². The zero-order chi connectivity index (χ0) is 12.4. The van der Waals surface area contributed by atoms with E-state index in [4.69, 9.17) is 0 Å². The Hall–Kier alpha value is -1.55. The quantitative estimate of drug-likeness (QED) is 0.860. The topological polar surface area (TPSA) is 35.6 Å². The molecule has 4 heteroatoms. The lowest BCUT2D eigenvalue weighted by Crippen LogP contribution is -2.47. The van der Waals surface area contributed by atoms with Gasteiger partial charge < -0.3 is 10.2 Å². The number of urea groups is 1. The van der Waals surface area contributed by atoms with E-state index in [9.17, 15) is 4.79 Å². The molecule has 0 saturated carbocycles. The van der Waals surface area contributed by atoms with Gasteiger partial charge in [0.15, 0.2) is 0 Å². The molecule has 2 heterocycles. The van der Waals surface area contributed by atoms with Crippen molar-refractivity contribution in [3.63, 3.8) is 0 Å². The summed E-state index contributed by atoms with van der Waals surface area (Å²) in [5.41, 5.74) is 1.01. The van der Waals surface area contributed by atoms with Crippen LogP contribution in [-0.2, 0) is 0 Å². The number of para-hydroxylation sites is 1. The number of nitrogens with one attached hydrogen (secondary N) is 1. The molecule has 2 saturated heterocycles. The van der Waals surface area contributed by atoms with E-state index in [0.29, 0.717) is 6.04 Å². The molecule has 2 aliphatic rings. The second-order valence-corrected chi connectivity index (χ2v) is 4.96. The highest BCUT2D eigenvalue weighted by atomic mass is 16.2. The molecule has 1 N–H and O–H groups in total. The molecule has 1 atom stereocenters. The molecule has 0 radical (unpaired) electrons. The summed E-state index contributed by atoms with van der Waals surface area (Å²) in [6.07, 6.45) is 2.29. The molecule has 1 aromatic carbocycles. The molecule has 2 amide bonds. The van der Waals surface area contributed by atoms with E-state index in [-0.39, 0.29) is 6.03 Å². The van der Waals surface area contributed by atoms with Gasteiger partial charge in [0.05, 0.1) is 0 Å². The van der Waals surface area contributed by atoms with Gasteiger partial charge in [-0.25, -0.2) is 4.79 Å². The van der Waals surface area contributed by atoms with Crippen LogP contribution in [0.4, 0.5) is 10.5 Å². The Balaban J connectivity index is 1.72. The van der Waals surface area contributed by atoms with E-state index in [1.165, 1.54) is 6.42 Å². The van der Waals surface area contributed by atoms with Gasteiger partial charge in [-0.05, 0) is 31.5 Å². The fourth-order valence-electron chi connectivity index (χ4n) is 2.84. The number of rotatable bonds is 2. The van der Waals surface area contributed by atoms with Crippen LogP contribution in [0.15, 0.2) is 30.3 Å². The summed E-state index contributed by atoms with van der Waals surface area (Å²) < 4.78 is 0. The monoisotopic (exact) mass is 245 g/mol. The van der Waals surface area contributed by atoms with Gasteiger partial charge in [-0.1, -0.05) is 18.2 Å². The lowest BCUT2D eigenvalue weighted by atomic mass is 10.1. The Morgan fingerprint density at radius 3 is 2.72 bits per heavy atom. The second-order valence-electron chi connectivity index (χ2n) is 4.96. The number of nitrogens with zero attached hydrogens (tertiary/aromatic N) is 2. The standard InChI is InChI=1S/C14H19N3O/c18-14-16(12-5-2-1-3-6-12)9-10-17(14)13-7-4-8-15-11-13/h1-3,5-6,13,15H,4,7-11H2. The van der Waals surface area contributed by atoms with E-state index in [1.807, 2.05) is 40.1 Å². The van der Waals surface area contributed by atoms with E-state index in [1.54, 1.807) is 0 Å². The number of anilines is 1. The fraction of sp³-hybridized carbons (Fsp3) is 0.500. The van der Waals surface area contributed by atoms with Crippen molar-refractivity contribution in [3.8, 4) is 0 Å². The van der Waals surface area contributed by atoms with Gasteiger partial charge in [-0.3, -0.25) is 4.90 Å². The number of benzene rings is 1. The van der Waals surface area contributed by atoms with Crippen LogP contribution in [-0.4, -0.2) is 43.2 Å². The summed E-state index contributed by atoms with van der Waals surface area (Å²) in [6, 6.07) is 10.5. The minimum Gasteiger partial charge on any atom is -0.318 e. The normalized spacial score (nSPS) is 24.7. The Labute approximate surface area is 108 Å². The molecule has 3 rings (SSSR count). The zero-order valence-corrected chi connectivity index (χ0v) is 10.5. The minimum absolute atomic E-state index is 0.162. The Bertz CT molecular complexity index is 414. The first-order chi connectivity index (χ1) is 8.86. The highest BCUT2D eigenvalue weighted by molar-refractivity contribution is 5.94. The maximum absolute atomic E-state index is 12.4. The van der Waals surface area contributed by atoms with Crippen LogP contribution in [0.25, 0.3) is 0 Å². The average Bonchev–Trinajstić information content (AvgIpc) is 2.83. The Kier molecular flexibility index (Phi) is 3.19. The third kappa shape index (κ3) is 2.08. The van der Waals surface area contributed by atoms with Crippen molar-refractivity contribution in [2.75, 3.05) is 31.1 Å². The van der Waals surface area contributed by atoms with Crippen molar-refractivity contribution in [2.45, 2.75) is 18.9 Å². The van der Waals surface area contributed by atoms with Crippen molar-refractivity contribution < 1.29 is 4.79 Å². The van der Waals surface area contributed by atoms with Crippen molar-refractivity contribution in [1.82, 2.24) is 10.2 Å². The molecule has 0 aliphatic carbocycles. The van der Waals surface area contributed by atoms with Gasteiger partial charge in [0.2, 0.25) is 0 Å². The van der Waals surface area contributed by atoms with E-state index in [2.05, 4.69) is 5.32 Å². The first kappa shape index (κ1) is 11.5. The first-order valence-electron chi connectivity index (χ1n) is 6.70. The van der Waals surface area contributed by atoms with Crippen LogP contribution in [0.1, 0.15) is 12.8 Å². The zero-order valence-electron chi connectivity index (χ0n) is 10.5. The molecule has 96 valence electrons. The molecule has 0 bridgehead atoms. The van der Waals surface area contributed by atoms with Crippen molar-refractivity contribution in [3.05, 3.63) is 30.3 Å². The SMILES string of the molecule is O=C1N(c2ccccc2)CCN1C1CCCNC1. The van der Waals surface area contributed by atoms with Crippen LogP contribution in [0.3, 0.4) is 0 Å². The van der Waals surface area contributed by atoms with Crippen molar-refractivity contribution in [1.29, 1.82) is 0 Å². The molecule has 4 nitrogen and oxygen atoms in total. The van der Waals surface area contributed by atoms with E-state index >= 15 is 0 Å².